The van der Waals surface area contributed by atoms with E-state index in [2.05, 4.69) is 39.1 Å². The Kier molecular flexibility index (Phi) is 7.45. The lowest BCUT2D eigenvalue weighted by molar-refractivity contribution is 0.290. The lowest BCUT2D eigenvalue weighted by Crippen LogP contribution is -2.18. The molecular formula is C17H29NO2. The van der Waals surface area contributed by atoms with Crippen LogP contribution in [0.4, 0.5) is 0 Å². The van der Waals surface area contributed by atoms with Crippen molar-refractivity contribution < 1.29 is 9.47 Å². The molecule has 114 valence electrons. The van der Waals surface area contributed by atoms with Crippen LogP contribution >= 0.6 is 0 Å². The zero-order valence-electron chi connectivity index (χ0n) is 13.5. The van der Waals surface area contributed by atoms with E-state index in [0.717, 1.165) is 37.0 Å². The van der Waals surface area contributed by atoms with Gasteiger partial charge in [0.2, 0.25) is 0 Å². The third-order valence-corrected chi connectivity index (χ3v) is 3.38. The Bertz CT molecular complexity index is 391. The quantitative estimate of drug-likeness (QED) is 0.688. The zero-order valence-corrected chi connectivity index (χ0v) is 13.5. The maximum Gasteiger partial charge on any atom is 0.127 e. The summed E-state index contributed by atoms with van der Waals surface area (Å²) < 4.78 is 11.3. The van der Waals surface area contributed by atoms with Crippen molar-refractivity contribution in [3.05, 3.63) is 23.8 Å². The molecule has 0 bridgehead atoms. The topological polar surface area (TPSA) is 30.5 Å². The SMILES string of the molecule is CCNC(C)c1ccc(OC)cc1OCCCC(C)C. The van der Waals surface area contributed by atoms with Crippen molar-refractivity contribution >= 4 is 0 Å². The number of hydrogen-bond donors (Lipinski definition) is 1. The van der Waals surface area contributed by atoms with Gasteiger partial charge >= 0.3 is 0 Å². The van der Waals surface area contributed by atoms with E-state index in [9.17, 15) is 0 Å². The van der Waals surface area contributed by atoms with E-state index in [1.165, 1.54) is 12.0 Å². The van der Waals surface area contributed by atoms with E-state index in [1.807, 2.05) is 12.1 Å². The van der Waals surface area contributed by atoms with Gasteiger partial charge in [0, 0.05) is 17.7 Å². The van der Waals surface area contributed by atoms with Crippen molar-refractivity contribution in [1.29, 1.82) is 0 Å². The highest BCUT2D eigenvalue weighted by Crippen LogP contribution is 2.29. The summed E-state index contributed by atoms with van der Waals surface area (Å²) >= 11 is 0. The standard InChI is InChI=1S/C17H29NO2/c1-6-18-14(4)16-10-9-15(19-5)12-17(16)20-11-7-8-13(2)3/h9-10,12-14,18H,6-8,11H2,1-5H3. The van der Waals surface area contributed by atoms with Gasteiger partial charge in [-0.1, -0.05) is 26.8 Å². The Hall–Kier alpha value is -1.22. The van der Waals surface area contributed by atoms with Gasteiger partial charge in [-0.3, -0.25) is 0 Å². The molecule has 1 rings (SSSR count). The molecule has 0 aromatic heterocycles. The maximum absolute atomic E-state index is 5.98. The van der Waals surface area contributed by atoms with Crippen LogP contribution in [0.1, 0.15) is 52.1 Å². The van der Waals surface area contributed by atoms with Crippen molar-refractivity contribution in [1.82, 2.24) is 5.32 Å². The highest BCUT2D eigenvalue weighted by molar-refractivity contribution is 5.42. The van der Waals surface area contributed by atoms with Crippen LogP contribution < -0.4 is 14.8 Å². The molecule has 1 atom stereocenters. The minimum Gasteiger partial charge on any atom is -0.497 e. The van der Waals surface area contributed by atoms with Crippen molar-refractivity contribution in [2.75, 3.05) is 20.3 Å². The normalized spacial score (nSPS) is 12.5. The largest absolute Gasteiger partial charge is 0.497 e. The highest BCUT2D eigenvalue weighted by Gasteiger charge is 2.12. The van der Waals surface area contributed by atoms with Gasteiger partial charge in [0.05, 0.1) is 13.7 Å². The number of rotatable bonds is 9. The molecule has 0 aliphatic rings. The van der Waals surface area contributed by atoms with Gasteiger partial charge in [-0.05, 0) is 38.3 Å². The fourth-order valence-electron chi connectivity index (χ4n) is 2.21. The number of benzene rings is 1. The van der Waals surface area contributed by atoms with E-state index in [0.29, 0.717) is 0 Å². The Labute approximate surface area is 123 Å². The first-order valence-electron chi connectivity index (χ1n) is 7.62. The monoisotopic (exact) mass is 279 g/mol. The number of methoxy groups -OCH3 is 1. The van der Waals surface area contributed by atoms with Gasteiger partial charge in [-0.15, -0.1) is 0 Å². The number of nitrogens with one attached hydrogen (secondary N) is 1. The molecule has 0 spiro atoms. The summed E-state index contributed by atoms with van der Waals surface area (Å²) in [5, 5.41) is 3.43. The Morgan fingerprint density at radius 3 is 2.55 bits per heavy atom. The first-order chi connectivity index (χ1) is 9.58. The van der Waals surface area contributed by atoms with Gasteiger partial charge in [0.15, 0.2) is 0 Å². The van der Waals surface area contributed by atoms with Crippen LogP contribution in [0.2, 0.25) is 0 Å². The van der Waals surface area contributed by atoms with Crippen LogP contribution in [-0.4, -0.2) is 20.3 Å². The molecule has 1 N–H and O–H groups in total. The molecule has 1 aromatic rings. The smallest absolute Gasteiger partial charge is 0.127 e. The average molecular weight is 279 g/mol. The molecule has 0 aliphatic carbocycles. The molecule has 0 amide bonds. The van der Waals surface area contributed by atoms with E-state index < -0.39 is 0 Å². The summed E-state index contributed by atoms with van der Waals surface area (Å²) in [5.74, 6) is 2.50. The van der Waals surface area contributed by atoms with Gasteiger partial charge in [0.25, 0.3) is 0 Å². The summed E-state index contributed by atoms with van der Waals surface area (Å²) in [6, 6.07) is 6.35. The molecular weight excluding hydrogens is 250 g/mol. The summed E-state index contributed by atoms with van der Waals surface area (Å²) in [5.41, 5.74) is 1.19. The van der Waals surface area contributed by atoms with Crippen LogP contribution in [0.5, 0.6) is 11.5 Å². The van der Waals surface area contributed by atoms with Crippen LogP contribution in [0.15, 0.2) is 18.2 Å². The van der Waals surface area contributed by atoms with Crippen LogP contribution in [0.25, 0.3) is 0 Å². The molecule has 0 heterocycles. The fourth-order valence-corrected chi connectivity index (χ4v) is 2.21. The minimum absolute atomic E-state index is 0.283. The van der Waals surface area contributed by atoms with E-state index >= 15 is 0 Å². The molecule has 20 heavy (non-hydrogen) atoms. The van der Waals surface area contributed by atoms with Gasteiger partial charge in [-0.2, -0.15) is 0 Å². The maximum atomic E-state index is 5.98. The van der Waals surface area contributed by atoms with E-state index in [-0.39, 0.29) is 6.04 Å². The molecule has 3 nitrogen and oxygen atoms in total. The minimum atomic E-state index is 0.283. The summed E-state index contributed by atoms with van der Waals surface area (Å²) in [7, 11) is 1.69. The second-order valence-electron chi connectivity index (χ2n) is 5.57. The van der Waals surface area contributed by atoms with E-state index in [1.54, 1.807) is 7.11 Å². The Balaban J connectivity index is 2.73. The van der Waals surface area contributed by atoms with Crippen molar-refractivity contribution in [2.24, 2.45) is 5.92 Å². The molecule has 0 fully saturated rings. The molecule has 0 saturated carbocycles. The second-order valence-corrected chi connectivity index (χ2v) is 5.57. The molecule has 0 saturated heterocycles. The van der Waals surface area contributed by atoms with Crippen LogP contribution in [-0.2, 0) is 0 Å². The molecule has 1 aromatic carbocycles. The van der Waals surface area contributed by atoms with E-state index in [4.69, 9.17) is 9.47 Å². The lowest BCUT2D eigenvalue weighted by Gasteiger charge is -2.18. The molecule has 3 heteroatoms. The van der Waals surface area contributed by atoms with Gasteiger partial charge in [-0.25, -0.2) is 0 Å². The molecule has 1 unspecified atom stereocenters. The van der Waals surface area contributed by atoms with Crippen LogP contribution in [0.3, 0.4) is 0 Å². The Morgan fingerprint density at radius 2 is 1.95 bits per heavy atom. The predicted molar refractivity (Wildman–Crippen MR) is 84.7 cm³/mol. The highest BCUT2D eigenvalue weighted by atomic mass is 16.5. The van der Waals surface area contributed by atoms with Crippen LogP contribution in [0, 0.1) is 5.92 Å². The molecule has 0 radical (unpaired) electrons. The average Bonchev–Trinajstić information content (AvgIpc) is 2.43. The van der Waals surface area contributed by atoms with Crippen molar-refractivity contribution in [3.8, 4) is 11.5 Å². The number of ether oxygens (including phenoxy) is 2. The summed E-state index contributed by atoms with van der Waals surface area (Å²) in [6.45, 7) is 10.5. The number of hydrogen-bond acceptors (Lipinski definition) is 3. The fraction of sp³-hybridized carbons (Fsp3) is 0.647. The second kappa shape index (κ2) is 8.85. The third kappa shape index (κ3) is 5.41. The van der Waals surface area contributed by atoms with Crippen molar-refractivity contribution in [3.63, 3.8) is 0 Å². The van der Waals surface area contributed by atoms with Gasteiger partial charge < -0.3 is 14.8 Å². The first kappa shape index (κ1) is 16.8. The predicted octanol–water partition coefficient (Wildman–Crippen LogP) is 4.18. The zero-order chi connectivity index (χ0) is 15.0. The third-order valence-electron chi connectivity index (χ3n) is 3.38. The first-order valence-corrected chi connectivity index (χ1v) is 7.62. The lowest BCUT2D eigenvalue weighted by atomic mass is 10.1. The van der Waals surface area contributed by atoms with Crippen molar-refractivity contribution in [2.45, 2.75) is 46.6 Å². The molecule has 0 aliphatic heterocycles. The summed E-state index contributed by atoms with van der Waals surface area (Å²) in [6.07, 6.45) is 2.28. The Morgan fingerprint density at radius 1 is 1.20 bits per heavy atom. The van der Waals surface area contributed by atoms with Gasteiger partial charge in [0.1, 0.15) is 11.5 Å². The summed E-state index contributed by atoms with van der Waals surface area (Å²) in [4.78, 5) is 0.